The van der Waals surface area contributed by atoms with Gasteiger partial charge < -0.3 is 4.74 Å². The first kappa shape index (κ1) is 13.9. The topological polar surface area (TPSA) is 43.4 Å². The van der Waals surface area contributed by atoms with Gasteiger partial charge in [-0.25, -0.2) is 8.42 Å². The number of hydrogen-bond donors (Lipinski definition) is 0. The smallest absolute Gasteiger partial charge is 0.264 e. The number of para-hydroxylation sites is 1. The fourth-order valence-electron chi connectivity index (χ4n) is 2.32. The van der Waals surface area contributed by atoms with E-state index in [4.69, 9.17) is 15.4 Å². The highest BCUT2D eigenvalue weighted by Crippen LogP contribution is 2.42. The predicted molar refractivity (Wildman–Crippen MR) is 80.7 cm³/mol. The largest absolute Gasteiger partial charge is 0.484 e. The highest BCUT2D eigenvalue weighted by Gasteiger charge is 2.30. The zero-order valence-corrected chi connectivity index (χ0v) is 13.4. The molecule has 0 bridgehead atoms. The molecule has 0 amide bonds. The second-order valence-electron chi connectivity index (χ2n) is 4.55. The van der Waals surface area contributed by atoms with Crippen LogP contribution < -0.4 is 4.74 Å². The van der Waals surface area contributed by atoms with Crippen molar-refractivity contribution < 1.29 is 13.2 Å². The Morgan fingerprint density at radius 1 is 1.20 bits per heavy atom. The summed E-state index contributed by atoms with van der Waals surface area (Å²) in [6, 6.07) is 12.8. The number of hydrogen-bond acceptors (Lipinski definition) is 3. The van der Waals surface area contributed by atoms with Crippen molar-refractivity contribution in [2.45, 2.75) is 17.4 Å². The van der Waals surface area contributed by atoms with Crippen molar-refractivity contribution in [2.75, 3.05) is 0 Å². The second-order valence-corrected chi connectivity index (χ2v) is 8.00. The van der Waals surface area contributed by atoms with Crippen molar-refractivity contribution in [3.8, 4) is 5.75 Å². The molecule has 0 fully saturated rings. The van der Waals surface area contributed by atoms with Crippen LogP contribution in [-0.4, -0.2) is 8.42 Å². The van der Waals surface area contributed by atoms with E-state index in [-0.39, 0.29) is 11.0 Å². The zero-order chi connectivity index (χ0) is 14.3. The standard InChI is InChI=1S/C14H10BrClO3S/c15-11-5-1-3-9(7-11)12-8-10-4-2-6-13(14(10)19-12)20(16,17)18/h1-7,12H,8H2. The van der Waals surface area contributed by atoms with Gasteiger partial charge in [0.05, 0.1) is 0 Å². The Kier molecular flexibility index (Phi) is 3.52. The summed E-state index contributed by atoms with van der Waals surface area (Å²) in [5.41, 5.74) is 1.85. The van der Waals surface area contributed by atoms with E-state index in [0.717, 1.165) is 15.6 Å². The van der Waals surface area contributed by atoms with Gasteiger partial charge >= 0.3 is 0 Å². The SMILES string of the molecule is O=S(=O)(Cl)c1cccc2c1OC(c1cccc(Br)c1)C2. The van der Waals surface area contributed by atoms with Crippen LogP contribution in [0.15, 0.2) is 51.8 Å². The molecule has 3 rings (SSSR count). The lowest BCUT2D eigenvalue weighted by atomic mass is 10.0. The molecule has 0 saturated carbocycles. The average molecular weight is 374 g/mol. The van der Waals surface area contributed by atoms with E-state index in [1.54, 1.807) is 6.07 Å². The molecule has 1 atom stereocenters. The average Bonchev–Trinajstić information content (AvgIpc) is 2.81. The molecule has 1 aliphatic heterocycles. The van der Waals surface area contributed by atoms with Gasteiger partial charge in [-0.2, -0.15) is 0 Å². The molecule has 0 aromatic heterocycles. The van der Waals surface area contributed by atoms with E-state index < -0.39 is 9.05 Å². The third kappa shape index (κ3) is 2.57. The fraction of sp³-hybridized carbons (Fsp3) is 0.143. The third-order valence-corrected chi connectivity index (χ3v) is 5.05. The van der Waals surface area contributed by atoms with Gasteiger partial charge in [-0.1, -0.05) is 40.2 Å². The summed E-state index contributed by atoms with van der Waals surface area (Å²) in [6.07, 6.45) is 0.438. The van der Waals surface area contributed by atoms with E-state index in [9.17, 15) is 8.42 Å². The van der Waals surface area contributed by atoms with Crippen molar-refractivity contribution in [1.82, 2.24) is 0 Å². The summed E-state index contributed by atoms with van der Waals surface area (Å²) < 4.78 is 29.9. The van der Waals surface area contributed by atoms with Gasteiger partial charge in [0.2, 0.25) is 0 Å². The van der Waals surface area contributed by atoms with E-state index in [2.05, 4.69) is 15.9 Å². The molecule has 1 unspecified atom stereocenters. The summed E-state index contributed by atoms with van der Waals surface area (Å²) in [7, 11) is 1.64. The van der Waals surface area contributed by atoms with Crippen LogP contribution in [0, 0.1) is 0 Å². The van der Waals surface area contributed by atoms with Crippen molar-refractivity contribution in [2.24, 2.45) is 0 Å². The van der Waals surface area contributed by atoms with E-state index in [0.29, 0.717) is 12.2 Å². The first-order valence-electron chi connectivity index (χ1n) is 5.94. The molecular formula is C14H10BrClO3S. The van der Waals surface area contributed by atoms with Gasteiger partial charge in [0.25, 0.3) is 9.05 Å². The lowest BCUT2D eigenvalue weighted by molar-refractivity contribution is 0.233. The highest BCUT2D eigenvalue weighted by molar-refractivity contribution is 9.10. The molecule has 0 N–H and O–H groups in total. The Hall–Kier alpha value is -1.04. The van der Waals surface area contributed by atoms with Crippen molar-refractivity contribution in [1.29, 1.82) is 0 Å². The van der Waals surface area contributed by atoms with Gasteiger partial charge in [0.1, 0.15) is 16.7 Å². The van der Waals surface area contributed by atoms with Gasteiger partial charge in [0.15, 0.2) is 0 Å². The minimum atomic E-state index is -3.80. The molecule has 104 valence electrons. The first-order valence-corrected chi connectivity index (χ1v) is 9.04. The summed E-state index contributed by atoms with van der Waals surface area (Å²) in [6.45, 7) is 0. The van der Waals surface area contributed by atoms with Gasteiger partial charge in [-0.05, 0) is 29.3 Å². The molecule has 2 aromatic rings. The molecule has 0 radical (unpaired) electrons. The fourth-order valence-corrected chi connectivity index (χ4v) is 3.75. The Morgan fingerprint density at radius 3 is 2.65 bits per heavy atom. The van der Waals surface area contributed by atoms with Crippen LogP contribution in [0.3, 0.4) is 0 Å². The summed E-state index contributed by atoms with van der Waals surface area (Å²) in [4.78, 5) is 0.0363. The summed E-state index contributed by atoms with van der Waals surface area (Å²) in [5.74, 6) is 0.368. The lowest BCUT2D eigenvalue weighted by Gasteiger charge is -2.12. The molecule has 0 spiro atoms. The van der Waals surface area contributed by atoms with Crippen molar-refractivity contribution >= 4 is 35.7 Å². The summed E-state index contributed by atoms with van der Waals surface area (Å²) >= 11 is 3.42. The van der Waals surface area contributed by atoms with Crippen LogP contribution in [0.5, 0.6) is 5.75 Å². The maximum atomic E-state index is 11.6. The Morgan fingerprint density at radius 2 is 1.95 bits per heavy atom. The Balaban J connectivity index is 2.01. The Labute approximate surface area is 130 Å². The number of benzene rings is 2. The molecule has 20 heavy (non-hydrogen) atoms. The molecule has 0 aliphatic carbocycles. The molecule has 0 saturated heterocycles. The van der Waals surface area contributed by atoms with Gasteiger partial charge in [-0.3, -0.25) is 0 Å². The highest BCUT2D eigenvalue weighted by atomic mass is 79.9. The normalized spacial score (nSPS) is 17.6. The van der Waals surface area contributed by atoms with Crippen LogP contribution in [0.1, 0.15) is 17.2 Å². The number of rotatable bonds is 2. The van der Waals surface area contributed by atoms with Crippen LogP contribution >= 0.6 is 26.6 Å². The minimum absolute atomic E-state index is 0.0363. The first-order chi connectivity index (χ1) is 9.45. The molecule has 1 aliphatic rings. The molecule has 6 heteroatoms. The van der Waals surface area contributed by atoms with E-state index >= 15 is 0 Å². The quantitative estimate of drug-likeness (QED) is 0.746. The van der Waals surface area contributed by atoms with Crippen molar-refractivity contribution in [3.63, 3.8) is 0 Å². The van der Waals surface area contributed by atoms with Crippen LogP contribution in [0.4, 0.5) is 0 Å². The van der Waals surface area contributed by atoms with Crippen LogP contribution in [0.25, 0.3) is 0 Å². The van der Waals surface area contributed by atoms with Gasteiger partial charge in [0, 0.05) is 21.6 Å². The molecular weight excluding hydrogens is 364 g/mol. The molecule has 2 aromatic carbocycles. The van der Waals surface area contributed by atoms with E-state index in [1.807, 2.05) is 30.3 Å². The Bertz CT molecular complexity index is 774. The van der Waals surface area contributed by atoms with Crippen LogP contribution in [0.2, 0.25) is 0 Å². The second kappa shape index (κ2) is 5.06. The maximum absolute atomic E-state index is 11.6. The number of halogens is 2. The molecule has 3 nitrogen and oxygen atoms in total. The van der Waals surface area contributed by atoms with Gasteiger partial charge in [-0.15, -0.1) is 0 Å². The summed E-state index contributed by atoms with van der Waals surface area (Å²) in [5, 5.41) is 0. The zero-order valence-electron chi connectivity index (χ0n) is 10.2. The molecule has 1 heterocycles. The van der Waals surface area contributed by atoms with Crippen molar-refractivity contribution in [3.05, 3.63) is 58.1 Å². The monoisotopic (exact) mass is 372 g/mol. The van der Waals surface area contributed by atoms with Crippen LogP contribution in [-0.2, 0) is 15.5 Å². The number of ether oxygens (including phenoxy) is 1. The number of fused-ring (bicyclic) bond motifs is 1. The maximum Gasteiger partial charge on any atom is 0.264 e. The lowest BCUT2D eigenvalue weighted by Crippen LogP contribution is -2.03. The predicted octanol–water partition coefficient (Wildman–Crippen LogP) is 4.05. The van der Waals surface area contributed by atoms with E-state index in [1.165, 1.54) is 6.07 Å². The third-order valence-electron chi connectivity index (χ3n) is 3.21. The minimum Gasteiger partial charge on any atom is -0.484 e.